The molecule has 7 heteroatoms. The van der Waals surface area contributed by atoms with Gasteiger partial charge in [-0.1, -0.05) is 22.0 Å². The van der Waals surface area contributed by atoms with Crippen LogP contribution in [0.5, 0.6) is 5.88 Å². The summed E-state index contributed by atoms with van der Waals surface area (Å²) in [6.07, 6.45) is 1.37. The lowest BCUT2D eigenvalue weighted by Crippen LogP contribution is -2.20. The number of amides is 1. The van der Waals surface area contributed by atoms with Crippen molar-refractivity contribution in [3.8, 4) is 5.88 Å². The number of nitrogens with one attached hydrogen (secondary N) is 1. The molecule has 0 bridgehead atoms. The van der Waals surface area contributed by atoms with Crippen molar-refractivity contribution in [1.82, 2.24) is 9.97 Å². The van der Waals surface area contributed by atoms with Crippen LogP contribution < -0.4 is 10.1 Å². The average Bonchev–Trinajstić information content (AvgIpc) is 2.53. The molecule has 3 aromatic rings. The highest BCUT2D eigenvalue weighted by atomic mass is 79.9. The van der Waals surface area contributed by atoms with Gasteiger partial charge in [0.05, 0.1) is 10.9 Å². The summed E-state index contributed by atoms with van der Waals surface area (Å²) in [4.78, 5) is 20.1. The topological polar surface area (TPSA) is 64.1 Å². The third kappa shape index (κ3) is 3.81. The second-order valence-electron chi connectivity index (χ2n) is 4.69. The molecule has 116 valence electrons. The first-order valence-corrected chi connectivity index (χ1v) is 7.49. The summed E-state index contributed by atoms with van der Waals surface area (Å²) in [6.45, 7) is -0.241. The van der Waals surface area contributed by atoms with Crippen LogP contribution in [0, 0.1) is 5.82 Å². The Morgan fingerprint density at radius 3 is 2.91 bits per heavy atom. The first-order chi connectivity index (χ1) is 11.1. The number of fused-ring (bicyclic) bond motifs is 1. The van der Waals surface area contributed by atoms with Gasteiger partial charge in [0, 0.05) is 10.2 Å². The molecule has 0 unspecified atom stereocenters. The number of benzene rings is 2. The van der Waals surface area contributed by atoms with Crippen molar-refractivity contribution in [2.24, 2.45) is 0 Å². The van der Waals surface area contributed by atoms with Crippen LogP contribution in [0.2, 0.25) is 0 Å². The molecule has 5 nitrogen and oxygen atoms in total. The van der Waals surface area contributed by atoms with E-state index in [1.54, 1.807) is 6.07 Å². The van der Waals surface area contributed by atoms with E-state index in [4.69, 9.17) is 4.74 Å². The van der Waals surface area contributed by atoms with E-state index in [0.717, 1.165) is 4.47 Å². The molecule has 3 rings (SSSR count). The van der Waals surface area contributed by atoms with Crippen molar-refractivity contribution in [2.75, 3.05) is 11.9 Å². The first-order valence-electron chi connectivity index (χ1n) is 6.70. The molecule has 0 aliphatic heterocycles. The minimum Gasteiger partial charge on any atom is -0.467 e. The number of halogens is 2. The molecule has 0 aliphatic carbocycles. The Morgan fingerprint density at radius 2 is 2.09 bits per heavy atom. The van der Waals surface area contributed by atoms with Crippen LogP contribution in [0.4, 0.5) is 10.1 Å². The molecular formula is C16H11BrFN3O2. The van der Waals surface area contributed by atoms with E-state index in [2.05, 4.69) is 31.2 Å². The van der Waals surface area contributed by atoms with Crippen LogP contribution in [-0.4, -0.2) is 22.5 Å². The molecule has 23 heavy (non-hydrogen) atoms. The number of carbonyl (C=O) groups is 1. The number of anilines is 1. The maximum atomic E-state index is 13.1. The van der Waals surface area contributed by atoms with E-state index < -0.39 is 11.7 Å². The van der Waals surface area contributed by atoms with Crippen LogP contribution >= 0.6 is 15.9 Å². The van der Waals surface area contributed by atoms with Crippen LogP contribution in [0.25, 0.3) is 10.9 Å². The molecule has 1 heterocycles. The zero-order valence-electron chi connectivity index (χ0n) is 11.8. The fourth-order valence-corrected chi connectivity index (χ4v) is 2.38. The molecule has 1 amide bonds. The molecule has 0 fully saturated rings. The number of aromatic nitrogens is 2. The molecule has 1 N–H and O–H groups in total. The minimum absolute atomic E-state index is 0.241. The van der Waals surface area contributed by atoms with Gasteiger partial charge in [-0.15, -0.1) is 0 Å². The van der Waals surface area contributed by atoms with Crippen molar-refractivity contribution in [1.29, 1.82) is 0 Å². The van der Waals surface area contributed by atoms with Gasteiger partial charge in [0.2, 0.25) is 5.88 Å². The largest absolute Gasteiger partial charge is 0.467 e. The number of hydrogen-bond acceptors (Lipinski definition) is 4. The number of rotatable bonds is 4. The smallest absolute Gasteiger partial charge is 0.262 e. The summed E-state index contributed by atoms with van der Waals surface area (Å²) < 4.78 is 19.4. The van der Waals surface area contributed by atoms with Crippen molar-refractivity contribution < 1.29 is 13.9 Å². The van der Waals surface area contributed by atoms with E-state index in [9.17, 15) is 9.18 Å². The summed E-state index contributed by atoms with van der Waals surface area (Å²) in [6, 6.07) is 11.1. The quantitative estimate of drug-likeness (QED) is 0.757. The Bertz CT molecular complexity index is 873. The van der Waals surface area contributed by atoms with E-state index in [-0.39, 0.29) is 6.61 Å². The molecule has 0 radical (unpaired) electrons. The van der Waals surface area contributed by atoms with Gasteiger partial charge in [-0.2, -0.15) is 0 Å². The molecule has 0 spiro atoms. The monoisotopic (exact) mass is 375 g/mol. The second-order valence-corrected chi connectivity index (χ2v) is 5.60. The van der Waals surface area contributed by atoms with E-state index in [0.29, 0.717) is 22.5 Å². The zero-order valence-corrected chi connectivity index (χ0v) is 13.4. The summed E-state index contributed by atoms with van der Waals surface area (Å²) in [5.41, 5.74) is 1.08. The Kier molecular flexibility index (Phi) is 4.47. The Morgan fingerprint density at radius 1 is 1.22 bits per heavy atom. The predicted octanol–water partition coefficient (Wildman–Crippen LogP) is 3.55. The lowest BCUT2D eigenvalue weighted by molar-refractivity contribution is -0.118. The molecule has 2 aromatic carbocycles. The highest BCUT2D eigenvalue weighted by molar-refractivity contribution is 9.10. The fourth-order valence-electron chi connectivity index (χ4n) is 2.02. The van der Waals surface area contributed by atoms with Gasteiger partial charge in [0.15, 0.2) is 6.61 Å². The number of hydrogen-bond donors (Lipinski definition) is 1. The lowest BCUT2D eigenvalue weighted by Gasteiger charge is -2.09. The minimum atomic E-state index is -0.421. The Labute approximate surface area is 139 Å². The van der Waals surface area contributed by atoms with E-state index in [1.807, 2.05) is 18.2 Å². The van der Waals surface area contributed by atoms with Gasteiger partial charge in [-0.3, -0.25) is 4.79 Å². The number of ether oxygens (including phenoxy) is 1. The summed E-state index contributed by atoms with van der Waals surface area (Å²) >= 11 is 3.37. The SMILES string of the molecule is O=C(COc1ncnc2ccc(Br)cc12)Nc1cccc(F)c1. The zero-order chi connectivity index (χ0) is 16.2. The summed E-state index contributed by atoms with van der Waals surface area (Å²) in [5, 5.41) is 3.25. The maximum absolute atomic E-state index is 13.1. The van der Waals surface area contributed by atoms with Crippen molar-refractivity contribution in [3.05, 3.63) is 59.1 Å². The van der Waals surface area contributed by atoms with Gasteiger partial charge in [0.1, 0.15) is 12.1 Å². The molecular weight excluding hydrogens is 365 g/mol. The van der Waals surface area contributed by atoms with Gasteiger partial charge in [0.25, 0.3) is 5.91 Å². The van der Waals surface area contributed by atoms with Gasteiger partial charge < -0.3 is 10.1 Å². The lowest BCUT2D eigenvalue weighted by atomic mass is 10.2. The van der Waals surface area contributed by atoms with Crippen LogP contribution in [-0.2, 0) is 4.79 Å². The van der Waals surface area contributed by atoms with Gasteiger partial charge in [-0.25, -0.2) is 14.4 Å². The Balaban J connectivity index is 1.71. The third-order valence-electron chi connectivity index (χ3n) is 3.01. The van der Waals surface area contributed by atoms with Crippen molar-refractivity contribution >= 4 is 38.4 Å². The number of carbonyl (C=O) groups excluding carboxylic acids is 1. The third-order valence-corrected chi connectivity index (χ3v) is 3.50. The predicted molar refractivity (Wildman–Crippen MR) is 87.8 cm³/mol. The molecule has 0 aliphatic rings. The fraction of sp³-hybridized carbons (Fsp3) is 0.0625. The molecule has 0 atom stereocenters. The molecule has 1 aromatic heterocycles. The summed E-state index contributed by atoms with van der Waals surface area (Å²) in [7, 11) is 0. The molecule has 0 saturated carbocycles. The van der Waals surface area contributed by atoms with Crippen LogP contribution in [0.15, 0.2) is 53.3 Å². The number of nitrogens with zero attached hydrogens (tertiary/aromatic N) is 2. The maximum Gasteiger partial charge on any atom is 0.262 e. The molecule has 0 saturated heterocycles. The van der Waals surface area contributed by atoms with Crippen LogP contribution in [0.3, 0.4) is 0 Å². The van der Waals surface area contributed by atoms with Gasteiger partial charge >= 0.3 is 0 Å². The highest BCUT2D eigenvalue weighted by Gasteiger charge is 2.09. The van der Waals surface area contributed by atoms with Gasteiger partial charge in [-0.05, 0) is 36.4 Å². The first kappa shape index (κ1) is 15.4. The van der Waals surface area contributed by atoms with Crippen molar-refractivity contribution in [2.45, 2.75) is 0 Å². The van der Waals surface area contributed by atoms with E-state index >= 15 is 0 Å². The highest BCUT2D eigenvalue weighted by Crippen LogP contribution is 2.24. The average molecular weight is 376 g/mol. The normalized spacial score (nSPS) is 10.5. The van der Waals surface area contributed by atoms with Crippen molar-refractivity contribution in [3.63, 3.8) is 0 Å². The Hall–Kier alpha value is -2.54. The summed E-state index contributed by atoms with van der Waals surface area (Å²) in [5.74, 6) is -0.515. The van der Waals surface area contributed by atoms with E-state index in [1.165, 1.54) is 24.5 Å². The second kappa shape index (κ2) is 6.70. The van der Waals surface area contributed by atoms with Crippen LogP contribution in [0.1, 0.15) is 0 Å². The standard InChI is InChI=1S/C16H11BrFN3O2/c17-10-4-5-14-13(6-10)16(20-9-19-14)23-8-15(22)21-12-3-1-2-11(18)7-12/h1-7,9H,8H2,(H,21,22).